The lowest BCUT2D eigenvalue weighted by Gasteiger charge is -2.29. The molecule has 112 valence electrons. The molecule has 3 nitrogen and oxygen atoms in total. The summed E-state index contributed by atoms with van der Waals surface area (Å²) in [5.41, 5.74) is 2.04. The summed E-state index contributed by atoms with van der Waals surface area (Å²) in [6.45, 7) is 2.86. The number of hydrogen-bond acceptors (Lipinski definition) is 3. The maximum Gasteiger partial charge on any atom is 0.115 e. The number of aliphatic hydroxyl groups excluding tert-OH is 1. The molecule has 0 saturated carbocycles. The van der Waals surface area contributed by atoms with E-state index in [0.717, 1.165) is 24.1 Å². The topological polar surface area (TPSA) is 43.7 Å². The Labute approximate surface area is 126 Å². The van der Waals surface area contributed by atoms with Gasteiger partial charge in [0.25, 0.3) is 0 Å². The van der Waals surface area contributed by atoms with Crippen LogP contribution in [0.2, 0.25) is 0 Å². The van der Waals surface area contributed by atoms with Crippen molar-refractivity contribution in [1.82, 2.24) is 4.90 Å². The average Bonchev–Trinajstić information content (AvgIpc) is 2.52. The molecule has 21 heavy (non-hydrogen) atoms. The molecule has 0 bridgehead atoms. The van der Waals surface area contributed by atoms with Gasteiger partial charge in [0.2, 0.25) is 0 Å². The lowest BCUT2D eigenvalue weighted by atomic mass is 10.0. The van der Waals surface area contributed by atoms with Gasteiger partial charge in [0.05, 0.1) is 6.10 Å². The fourth-order valence-corrected chi connectivity index (χ4v) is 2.39. The van der Waals surface area contributed by atoms with Crippen molar-refractivity contribution in [2.75, 3.05) is 13.6 Å². The SMILES string of the molecule is C[C@@H]([C@H](O)c1ccccc1)N(C)CCc1cccc(O)c1. The Balaban J connectivity index is 1.92. The molecule has 2 N–H and O–H groups in total. The highest BCUT2D eigenvalue weighted by atomic mass is 16.3. The normalized spacial score (nSPS) is 14.1. The van der Waals surface area contributed by atoms with Crippen LogP contribution in [0.4, 0.5) is 0 Å². The predicted octanol–water partition coefficient (Wildman–Crippen LogP) is 2.99. The molecular weight excluding hydrogens is 262 g/mol. The van der Waals surface area contributed by atoms with E-state index in [1.807, 2.05) is 56.4 Å². The zero-order chi connectivity index (χ0) is 15.2. The highest BCUT2D eigenvalue weighted by Gasteiger charge is 2.19. The molecule has 0 radical (unpaired) electrons. The lowest BCUT2D eigenvalue weighted by Crippen LogP contribution is -2.35. The minimum Gasteiger partial charge on any atom is -0.508 e. The molecular formula is C18H23NO2. The quantitative estimate of drug-likeness (QED) is 0.857. The Kier molecular flexibility index (Phi) is 5.37. The van der Waals surface area contributed by atoms with Gasteiger partial charge in [-0.2, -0.15) is 0 Å². The molecule has 0 aliphatic rings. The van der Waals surface area contributed by atoms with Gasteiger partial charge in [-0.1, -0.05) is 42.5 Å². The lowest BCUT2D eigenvalue weighted by molar-refractivity contribution is 0.0732. The van der Waals surface area contributed by atoms with Crippen LogP contribution in [-0.4, -0.2) is 34.7 Å². The van der Waals surface area contributed by atoms with Crippen LogP contribution in [0.5, 0.6) is 5.75 Å². The van der Waals surface area contributed by atoms with E-state index in [-0.39, 0.29) is 6.04 Å². The first-order valence-electron chi connectivity index (χ1n) is 7.29. The molecule has 2 rings (SSSR count). The molecule has 0 aromatic heterocycles. The number of phenolic OH excluding ortho intramolecular Hbond substituents is 1. The van der Waals surface area contributed by atoms with Crippen LogP contribution in [0.1, 0.15) is 24.2 Å². The summed E-state index contributed by atoms with van der Waals surface area (Å²) in [4.78, 5) is 2.14. The predicted molar refractivity (Wildman–Crippen MR) is 85.3 cm³/mol. The molecule has 0 amide bonds. The van der Waals surface area contributed by atoms with Gasteiger partial charge in [-0.3, -0.25) is 0 Å². The van der Waals surface area contributed by atoms with Crippen LogP contribution in [0.15, 0.2) is 54.6 Å². The molecule has 0 heterocycles. The van der Waals surface area contributed by atoms with Gasteiger partial charge in [-0.15, -0.1) is 0 Å². The molecule has 2 atom stereocenters. The third kappa shape index (κ3) is 4.31. The first-order valence-corrected chi connectivity index (χ1v) is 7.29. The number of likely N-dealkylation sites (N-methyl/N-ethyl adjacent to an activating group) is 1. The highest BCUT2D eigenvalue weighted by molar-refractivity contribution is 5.27. The van der Waals surface area contributed by atoms with Crippen LogP contribution < -0.4 is 0 Å². The van der Waals surface area contributed by atoms with Crippen molar-refractivity contribution in [2.24, 2.45) is 0 Å². The molecule has 0 aliphatic heterocycles. The van der Waals surface area contributed by atoms with Crippen molar-refractivity contribution in [2.45, 2.75) is 25.5 Å². The molecule has 0 saturated heterocycles. The van der Waals surface area contributed by atoms with E-state index in [2.05, 4.69) is 4.90 Å². The molecule has 2 aromatic carbocycles. The maximum absolute atomic E-state index is 10.4. The van der Waals surface area contributed by atoms with E-state index in [4.69, 9.17) is 0 Å². The van der Waals surface area contributed by atoms with E-state index in [1.54, 1.807) is 12.1 Å². The Morgan fingerprint density at radius 3 is 2.43 bits per heavy atom. The Morgan fingerprint density at radius 2 is 1.76 bits per heavy atom. The van der Waals surface area contributed by atoms with Crippen LogP contribution in [-0.2, 0) is 6.42 Å². The first-order chi connectivity index (χ1) is 10.1. The summed E-state index contributed by atoms with van der Waals surface area (Å²) >= 11 is 0. The summed E-state index contributed by atoms with van der Waals surface area (Å²) in [5, 5.41) is 19.9. The summed E-state index contributed by atoms with van der Waals surface area (Å²) < 4.78 is 0. The number of hydrogen-bond donors (Lipinski definition) is 2. The monoisotopic (exact) mass is 285 g/mol. The van der Waals surface area contributed by atoms with Crippen LogP contribution in [0.25, 0.3) is 0 Å². The van der Waals surface area contributed by atoms with E-state index in [9.17, 15) is 10.2 Å². The van der Waals surface area contributed by atoms with Gasteiger partial charge in [0.1, 0.15) is 5.75 Å². The van der Waals surface area contributed by atoms with Gasteiger partial charge in [-0.05, 0) is 43.7 Å². The second kappa shape index (κ2) is 7.25. The van der Waals surface area contributed by atoms with Gasteiger partial charge in [0, 0.05) is 12.6 Å². The summed E-state index contributed by atoms with van der Waals surface area (Å²) in [5.74, 6) is 0.299. The molecule has 0 fully saturated rings. The number of aliphatic hydroxyl groups is 1. The Bertz CT molecular complexity index is 556. The van der Waals surface area contributed by atoms with E-state index in [0.29, 0.717) is 5.75 Å². The first kappa shape index (κ1) is 15.5. The minimum absolute atomic E-state index is 0.0321. The molecule has 3 heteroatoms. The average molecular weight is 285 g/mol. The minimum atomic E-state index is -0.500. The maximum atomic E-state index is 10.4. The third-order valence-corrected chi connectivity index (χ3v) is 3.96. The smallest absolute Gasteiger partial charge is 0.115 e. The number of phenols is 1. The second-order valence-electron chi connectivity index (χ2n) is 5.50. The van der Waals surface area contributed by atoms with Gasteiger partial charge >= 0.3 is 0 Å². The Morgan fingerprint density at radius 1 is 1.05 bits per heavy atom. The van der Waals surface area contributed by atoms with Gasteiger partial charge in [0.15, 0.2) is 0 Å². The number of benzene rings is 2. The van der Waals surface area contributed by atoms with E-state index < -0.39 is 6.10 Å². The standard InChI is InChI=1S/C18H23NO2/c1-14(18(21)16-8-4-3-5-9-16)19(2)12-11-15-7-6-10-17(20)13-15/h3-10,13-14,18,20-21H,11-12H2,1-2H3/t14-,18-/m0/s1. The van der Waals surface area contributed by atoms with Crippen molar-refractivity contribution >= 4 is 0 Å². The summed E-state index contributed by atoms with van der Waals surface area (Å²) in [7, 11) is 2.01. The third-order valence-electron chi connectivity index (χ3n) is 3.96. The van der Waals surface area contributed by atoms with Crippen molar-refractivity contribution in [3.63, 3.8) is 0 Å². The second-order valence-corrected chi connectivity index (χ2v) is 5.50. The van der Waals surface area contributed by atoms with Crippen LogP contribution in [0, 0.1) is 0 Å². The number of aromatic hydroxyl groups is 1. The summed E-state index contributed by atoms with van der Waals surface area (Å²) in [6, 6.07) is 17.1. The molecule has 0 unspecified atom stereocenters. The highest BCUT2D eigenvalue weighted by Crippen LogP contribution is 2.20. The van der Waals surface area contributed by atoms with E-state index >= 15 is 0 Å². The van der Waals surface area contributed by atoms with Crippen LogP contribution in [0.3, 0.4) is 0 Å². The zero-order valence-electron chi connectivity index (χ0n) is 12.6. The van der Waals surface area contributed by atoms with Crippen molar-refractivity contribution in [3.8, 4) is 5.75 Å². The van der Waals surface area contributed by atoms with E-state index in [1.165, 1.54) is 0 Å². The largest absolute Gasteiger partial charge is 0.508 e. The van der Waals surface area contributed by atoms with Crippen molar-refractivity contribution in [3.05, 3.63) is 65.7 Å². The zero-order valence-corrected chi connectivity index (χ0v) is 12.6. The van der Waals surface area contributed by atoms with Crippen LogP contribution >= 0.6 is 0 Å². The molecule has 2 aromatic rings. The van der Waals surface area contributed by atoms with Crippen molar-refractivity contribution < 1.29 is 10.2 Å². The number of rotatable bonds is 6. The fourth-order valence-electron chi connectivity index (χ4n) is 2.39. The number of nitrogens with zero attached hydrogens (tertiary/aromatic N) is 1. The molecule has 0 spiro atoms. The van der Waals surface area contributed by atoms with Gasteiger partial charge in [-0.25, -0.2) is 0 Å². The fraction of sp³-hybridized carbons (Fsp3) is 0.333. The Hall–Kier alpha value is -1.84. The molecule has 0 aliphatic carbocycles. The summed E-state index contributed by atoms with van der Waals surface area (Å²) in [6.07, 6.45) is 0.344. The van der Waals surface area contributed by atoms with Gasteiger partial charge < -0.3 is 15.1 Å². The van der Waals surface area contributed by atoms with Crippen molar-refractivity contribution in [1.29, 1.82) is 0 Å².